The van der Waals surface area contributed by atoms with Crippen molar-refractivity contribution in [1.82, 2.24) is 0 Å². The van der Waals surface area contributed by atoms with Crippen LogP contribution < -0.4 is 14.4 Å². The predicted octanol–water partition coefficient (Wildman–Crippen LogP) is 2.69. The second-order valence-electron chi connectivity index (χ2n) is 5.97. The molecule has 0 radical (unpaired) electrons. The fourth-order valence-electron chi connectivity index (χ4n) is 2.48. The number of rotatable bonds is 8. The van der Waals surface area contributed by atoms with Crippen molar-refractivity contribution in [2.45, 2.75) is 13.3 Å². The van der Waals surface area contributed by atoms with Crippen LogP contribution in [-0.2, 0) is 14.8 Å². The molecule has 0 spiro atoms. The average Bonchev–Trinajstić information content (AvgIpc) is 2.61. The summed E-state index contributed by atoms with van der Waals surface area (Å²) in [5.74, 6) is 0.155. The number of carbonyl (C=O) groups excluding carboxylic acids is 2. The van der Waals surface area contributed by atoms with Crippen LogP contribution >= 0.6 is 0 Å². The zero-order chi connectivity index (χ0) is 20.0. The van der Waals surface area contributed by atoms with Crippen molar-refractivity contribution in [1.29, 1.82) is 0 Å². The van der Waals surface area contributed by atoms with Crippen LogP contribution in [0.2, 0.25) is 0 Å². The highest BCUT2D eigenvalue weighted by atomic mass is 32.2. The number of methoxy groups -OCH3 is 1. The Morgan fingerprint density at radius 2 is 1.78 bits per heavy atom. The van der Waals surface area contributed by atoms with Crippen molar-refractivity contribution in [3.8, 4) is 5.75 Å². The standard InChI is InChI=1S/C19H22N2O5S/c1-14(22)15-5-4-6-16(13-15)20-19(23)11-12-21(27(3,24)25)17-7-9-18(26-2)10-8-17/h4-10,13H,11-12H2,1-3H3,(H,20,23). The zero-order valence-corrected chi connectivity index (χ0v) is 16.2. The summed E-state index contributed by atoms with van der Waals surface area (Å²) in [6.07, 6.45) is 1.05. The number of nitrogens with zero attached hydrogens (tertiary/aromatic N) is 1. The minimum atomic E-state index is -3.56. The molecule has 1 N–H and O–H groups in total. The Hall–Kier alpha value is -2.87. The van der Waals surface area contributed by atoms with Gasteiger partial charge in [0.1, 0.15) is 5.75 Å². The number of amides is 1. The van der Waals surface area contributed by atoms with Crippen LogP contribution in [0.1, 0.15) is 23.7 Å². The molecule has 0 unspecified atom stereocenters. The van der Waals surface area contributed by atoms with E-state index in [1.807, 2.05) is 0 Å². The van der Waals surface area contributed by atoms with Crippen molar-refractivity contribution in [3.63, 3.8) is 0 Å². The minimum absolute atomic E-state index is 0.0105. The van der Waals surface area contributed by atoms with Gasteiger partial charge in [0.15, 0.2) is 5.78 Å². The topological polar surface area (TPSA) is 92.8 Å². The fraction of sp³-hybridized carbons (Fsp3) is 0.263. The van der Waals surface area contributed by atoms with E-state index >= 15 is 0 Å². The summed E-state index contributed by atoms with van der Waals surface area (Å²) in [5, 5.41) is 2.68. The Morgan fingerprint density at radius 3 is 2.33 bits per heavy atom. The van der Waals surface area contributed by atoms with Gasteiger partial charge in [-0.2, -0.15) is 0 Å². The first-order valence-electron chi connectivity index (χ1n) is 8.23. The van der Waals surface area contributed by atoms with Gasteiger partial charge in [0.05, 0.1) is 19.1 Å². The van der Waals surface area contributed by atoms with Gasteiger partial charge in [-0.25, -0.2) is 8.42 Å². The maximum Gasteiger partial charge on any atom is 0.232 e. The normalized spacial score (nSPS) is 10.9. The lowest BCUT2D eigenvalue weighted by molar-refractivity contribution is -0.116. The van der Waals surface area contributed by atoms with Crippen molar-refractivity contribution in [2.24, 2.45) is 0 Å². The van der Waals surface area contributed by atoms with Crippen LogP contribution in [0.15, 0.2) is 48.5 Å². The summed E-state index contributed by atoms with van der Waals surface area (Å²) >= 11 is 0. The molecule has 27 heavy (non-hydrogen) atoms. The molecular formula is C19H22N2O5S. The Bertz CT molecular complexity index is 923. The molecule has 0 aliphatic rings. The number of benzene rings is 2. The number of sulfonamides is 1. The number of ether oxygens (including phenoxy) is 1. The van der Waals surface area contributed by atoms with Gasteiger partial charge in [-0.15, -0.1) is 0 Å². The van der Waals surface area contributed by atoms with E-state index in [0.29, 0.717) is 22.7 Å². The number of ketones is 1. The van der Waals surface area contributed by atoms with Crippen molar-refractivity contribution in [3.05, 3.63) is 54.1 Å². The Balaban J connectivity index is 2.07. The molecule has 0 bridgehead atoms. The van der Waals surface area contributed by atoms with E-state index in [4.69, 9.17) is 4.74 Å². The summed E-state index contributed by atoms with van der Waals surface area (Å²) < 4.78 is 30.4. The molecule has 0 aromatic heterocycles. The molecule has 144 valence electrons. The SMILES string of the molecule is COc1ccc(N(CCC(=O)Nc2cccc(C(C)=O)c2)S(C)(=O)=O)cc1. The third kappa shape index (κ3) is 5.82. The summed E-state index contributed by atoms with van der Waals surface area (Å²) in [4.78, 5) is 23.6. The first-order chi connectivity index (χ1) is 12.7. The average molecular weight is 390 g/mol. The molecule has 0 fully saturated rings. The van der Waals surface area contributed by atoms with E-state index in [9.17, 15) is 18.0 Å². The molecule has 0 atom stereocenters. The Labute approximate surface area is 159 Å². The van der Waals surface area contributed by atoms with Crippen LogP contribution in [0, 0.1) is 0 Å². The second kappa shape index (κ2) is 8.68. The van der Waals surface area contributed by atoms with Gasteiger partial charge in [-0.1, -0.05) is 12.1 Å². The molecule has 8 heteroatoms. The first kappa shape index (κ1) is 20.4. The van der Waals surface area contributed by atoms with Crippen molar-refractivity contribution < 1.29 is 22.7 Å². The first-order valence-corrected chi connectivity index (χ1v) is 10.1. The molecule has 0 aliphatic heterocycles. The van der Waals surface area contributed by atoms with Gasteiger partial charge < -0.3 is 10.1 Å². The highest BCUT2D eigenvalue weighted by Gasteiger charge is 2.19. The lowest BCUT2D eigenvalue weighted by atomic mass is 10.1. The van der Waals surface area contributed by atoms with Gasteiger partial charge in [-0.05, 0) is 43.3 Å². The van der Waals surface area contributed by atoms with E-state index in [0.717, 1.165) is 10.6 Å². The largest absolute Gasteiger partial charge is 0.497 e. The lowest BCUT2D eigenvalue weighted by Gasteiger charge is -2.22. The molecule has 7 nitrogen and oxygen atoms in total. The Kier molecular flexibility index (Phi) is 6.57. The maximum atomic E-state index is 12.2. The molecular weight excluding hydrogens is 368 g/mol. The second-order valence-corrected chi connectivity index (χ2v) is 7.88. The van der Waals surface area contributed by atoms with Crippen LogP contribution in [0.5, 0.6) is 5.75 Å². The lowest BCUT2D eigenvalue weighted by Crippen LogP contribution is -2.33. The maximum absolute atomic E-state index is 12.2. The van der Waals surface area contributed by atoms with Gasteiger partial charge >= 0.3 is 0 Å². The van der Waals surface area contributed by atoms with Gasteiger partial charge in [0, 0.05) is 24.2 Å². The fourth-order valence-corrected chi connectivity index (χ4v) is 3.41. The quantitative estimate of drug-likeness (QED) is 0.700. The monoisotopic (exact) mass is 390 g/mol. The predicted molar refractivity (Wildman–Crippen MR) is 105 cm³/mol. The minimum Gasteiger partial charge on any atom is -0.497 e. The molecule has 0 heterocycles. The van der Waals surface area contributed by atoms with E-state index in [2.05, 4.69) is 5.32 Å². The number of nitrogens with one attached hydrogen (secondary N) is 1. The number of carbonyl (C=O) groups is 2. The Morgan fingerprint density at radius 1 is 1.11 bits per heavy atom. The molecule has 2 aromatic rings. The van der Waals surface area contributed by atoms with Gasteiger partial charge in [-0.3, -0.25) is 13.9 Å². The van der Waals surface area contributed by atoms with Crippen LogP contribution in [0.4, 0.5) is 11.4 Å². The highest BCUT2D eigenvalue weighted by molar-refractivity contribution is 7.92. The van der Waals surface area contributed by atoms with Crippen LogP contribution in [-0.4, -0.2) is 40.0 Å². The summed E-state index contributed by atoms with van der Waals surface area (Å²) in [6, 6.07) is 13.1. The number of anilines is 2. The van der Waals surface area contributed by atoms with Crippen LogP contribution in [0.25, 0.3) is 0 Å². The summed E-state index contributed by atoms with van der Waals surface area (Å²) in [7, 11) is -2.03. The van der Waals surface area contributed by atoms with Gasteiger partial charge in [0.25, 0.3) is 0 Å². The third-order valence-corrected chi connectivity index (χ3v) is 5.05. The highest BCUT2D eigenvalue weighted by Crippen LogP contribution is 2.22. The zero-order valence-electron chi connectivity index (χ0n) is 15.4. The summed E-state index contributed by atoms with van der Waals surface area (Å²) in [6.45, 7) is 1.43. The van der Waals surface area contributed by atoms with Crippen LogP contribution in [0.3, 0.4) is 0 Å². The van der Waals surface area contributed by atoms with Gasteiger partial charge in [0.2, 0.25) is 15.9 Å². The van der Waals surface area contributed by atoms with E-state index < -0.39 is 10.0 Å². The molecule has 1 amide bonds. The molecule has 2 aromatic carbocycles. The molecule has 0 saturated heterocycles. The third-order valence-electron chi connectivity index (χ3n) is 3.86. The summed E-state index contributed by atoms with van der Waals surface area (Å²) in [5.41, 5.74) is 1.43. The number of hydrogen-bond acceptors (Lipinski definition) is 5. The smallest absolute Gasteiger partial charge is 0.232 e. The van der Waals surface area contributed by atoms with Crippen molar-refractivity contribution in [2.75, 3.05) is 29.5 Å². The number of hydrogen-bond donors (Lipinski definition) is 1. The molecule has 2 rings (SSSR count). The molecule has 0 aliphatic carbocycles. The molecule has 0 saturated carbocycles. The van der Waals surface area contributed by atoms with E-state index in [-0.39, 0.29) is 24.7 Å². The van der Waals surface area contributed by atoms with E-state index in [1.54, 1.807) is 48.5 Å². The van der Waals surface area contributed by atoms with Crippen molar-refractivity contribution >= 4 is 33.1 Å². The number of Topliss-reactive ketones (excluding diaryl/α,β-unsaturated/α-hetero) is 1. The van der Waals surface area contributed by atoms with E-state index in [1.165, 1.54) is 14.0 Å².